The summed E-state index contributed by atoms with van der Waals surface area (Å²) in [5.74, 6) is -0.160. The van der Waals surface area contributed by atoms with Gasteiger partial charge in [-0.1, -0.05) is 20.8 Å². The van der Waals surface area contributed by atoms with E-state index in [1.54, 1.807) is 12.4 Å². The number of fused-ring (bicyclic) bond motifs is 1. The van der Waals surface area contributed by atoms with Crippen molar-refractivity contribution in [3.63, 3.8) is 0 Å². The second kappa shape index (κ2) is 9.74. The molecule has 0 radical (unpaired) electrons. The Balaban J connectivity index is 1.53. The van der Waals surface area contributed by atoms with Gasteiger partial charge in [-0.3, -0.25) is 14.1 Å². The number of hydrogen-bond donors (Lipinski definition) is 3. The average Bonchev–Trinajstić information content (AvgIpc) is 3.46. The van der Waals surface area contributed by atoms with Gasteiger partial charge in [-0.2, -0.15) is 0 Å². The van der Waals surface area contributed by atoms with Crippen molar-refractivity contribution in [1.29, 1.82) is 0 Å². The topological polar surface area (TPSA) is 117 Å². The Morgan fingerprint density at radius 3 is 2.53 bits per heavy atom. The third-order valence-electron chi connectivity index (χ3n) is 7.18. The van der Waals surface area contributed by atoms with E-state index in [0.717, 1.165) is 17.7 Å². The van der Waals surface area contributed by atoms with E-state index in [1.165, 1.54) is 18.3 Å². The van der Waals surface area contributed by atoms with Gasteiger partial charge in [0.15, 0.2) is 5.65 Å². The van der Waals surface area contributed by atoms with Gasteiger partial charge >= 0.3 is 5.91 Å². The molecule has 0 aliphatic carbocycles. The summed E-state index contributed by atoms with van der Waals surface area (Å²) in [6.07, 6.45) is 4.84. The van der Waals surface area contributed by atoms with Gasteiger partial charge in [0.25, 0.3) is 5.91 Å². The van der Waals surface area contributed by atoms with E-state index >= 15 is 0 Å². The molecule has 192 valence electrons. The molecule has 3 aromatic rings. The van der Waals surface area contributed by atoms with Crippen molar-refractivity contribution < 1.29 is 18.9 Å². The number of likely N-dealkylation sites (tertiary alicyclic amines) is 1. The summed E-state index contributed by atoms with van der Waals surface area (Å²) in [7, 11) is 1.96. The molecule has 1 unspecified atom stereocenters. The van der Waals surface area contributed by atoms with Crippen LogP contribution in [0.2, 0.25) is 0 Å². The molecule has 1 fully saturated rings. The van der Waals surface area contributed by atoms with Crippen LogP contribution in [0.3, 0.4) is 0 Å². The van der Waals surface area contributed by atoms with Crippen molar-refractivity contribution in [3.8, 4) is 10.6 Å². The Labute approximate surface area is 215 Å². The van der Waals surface area contributed by atoms with E-state index < -0.39 is 0 Å². The first-order valence-corrected chi connectivity index (χ1v) is 13.1. The lowest BCUT2D eigenvalue weighted by atomic mass is 9.88. The van der Waals surface area contributed by atoms with Crippen molar-refractivity contribution in [1.82, 2.24) is 25.6 Å². The number of piperidine rings is 1. The van der Waals surface area contributed by atoms with E-state index in [-0.39, 0.29) is 35.2 Å². The summed E-state index contributed by atoms with van der Waals surface area (Å²) in [6, 6.07) is 3.83. The zero-order valence-electron chi connectivity index (χ0n) is 21.8. The van der Waals surface area contributed by atoms with Gasteiger partial charge in [0, 0.05) is 38.0 Å². The fourth-order valence-corrected chi connectivity index (χ4v) is 5.32. The molecule has 36 heavy (non-hydrogen) atoms. The summed E-state index contributed by atoms with van der Waals surface area (Å²) in [6.45, 7) is 11.1. The Morgan fingerprint density at radius 2 is 1.89 bits per heavy atom. The Morgan fingerprint density at radius 1 is 1.19 bits per heavy atom. The SMILES string of the molecule is CC(=O)NC1CC[N+](C)(C(=O)c2ccc(-c3cnc4[nH]cc(C(=O)NC(C)C(C)(C)C)c4n3)s2)CC1. The highest BCUT2D eigenvalue weighted by molar-refractivity contribution is 7.17. The fraction of sp³-hybridized carbons (Fsp3) is 0.500. The van der Waals surface area contributed by atoms with E-state index in [0.29, 0.717) is 44.9 Å². The summed E-state index contributed by atoms with van der Waals surface area (Å²) in [5.41, 5.74) is 2.04. The number of rotatable bonds is 5. The molecule has 0 bridgehead atoms. The number of nitrogens with zero attached hydrogens (tertiary/aromatic N) is 3. The predicted octanol–water partition coefficient (Wildman–Crippen LogP) is 3.74. The number of nitrogens with one attached hydrogen (secondary N) is 3. The monoisotopic (exact) mass is 511 g/mol. The summed E-state index contributed by atoms with van der Waals surface area (Å²) < 4.78 is 0.314. The van der Waals surface area contributed by atoms with Gasteiger partial charge in [-0.05, 0) is 24.5 Å². The second-order valence-electron chi connectivity index (χ2n) is 11.0. The van der Waals surface area contributed by atoms with Crippen molar-refractivity contribution in [2.75, 3.05) is 20.1 Å². The van der Waals surface area contributed by atoms with Gasteiger partial charge in [0.05, 0.1) is 42.5 Å². The number of aromatic nitrogens is 3. The van der Waals surface area contributed by atoms with Crippen molar-refractivity contribution >= 4 is 40.2 Å². The molecule has 4 heterocycles. The van der Waals surface area contributed by atoms with Crippen LogP contribution in [0, 0.1) is 5.41 Å². The minimum atomic E-state index is -0.197. The first-order chi connectivity index (χ1) is 16.9. The molecule has 9 nitrogen and oxygen atoms in total. The van der Waals surface area contributed by atoms with Gasteiger partial charge in [0.1, 0.15) is 10.4 Å². The highest BCUT2D eigenvalue weighted by Crippen LogP contribution is 2.31. The van der Waals surface area contributed by atoms with Gasteiger partial charge in [0.2, 0.25) is 5.91 Å². The normalized spacial score (nSPS) is 21.2. The van der Waals surface area contributed by atoms with Crippen molar-refractivity contribution in [2.45, 2.75) is 59.5 Å². The van der Waals surface area contributed by atoms with Crippen molar-refractivity contribution in [2.24, 2.45) is 5.41 Å². The molecule has 3 N–H and O–H groups in total. The number of amides is 3. The van der Waals surface area contributed by atoms with Crippen LogP contribution in [-0.2, 0) is 4.79 Å². The average molecular weight is 512 g/mol. The smallest absolute Gasteiger partial charge is 0.353 e. The van der Waals surface area contributed by atoms with Gasteiger partial charge in [-0.15, -0.1) is 11.3 Å². The highest BCUT2D eigenvalue weighted by Gasteiger charge is 2.38. The van der Waals surface area contributed by atoms with E-state index in [2.05, 4.69) is 41.4 Å². The largest absolute Gasteiger partial charge is 0.355 e. The number of aromatic amines is 1. The fourth-order valence-electron chi connectivity index (χ4n) is 4.30. The molecule has 1 aliphatic rings. The third-order valence-corrected chi connectivity index (χ3v) is 8.28. The lowest BCUT2D eigenvalue weighted by molar-refractivity contribution is -0.834. The Hall–Kier alpha value is -3.11. The molecule has 0 spiro atoms. The number of carbonyl (C=O) groups is 3. The zero-order chi connectivity index (χ0) is 26.3. The molecule has 1 saturated heterocycles. The Kier molecular flexibility index (Phi) is 7.03. The maximum absolute atomic E-state index is 13.4. The zero-order valence-corrected chi connectivity index (χ0v) is 22.6. The third kappa shape index (κ3) is 5.34. The maximum atomic E-state index is 13.4. The lowest BCUT2D eigenvalue weighted by Crippen LogP contribution is -2.57. The van der Waals surface area contributed by atoms with Gasteiger partial charge < -0.3 is 15.6 Å². The summed E-state index contributed by atoms with van der Waals surface area (Å²) in [5, 5.41) is 6.01. The van der Waals surface area contributed by atoms with Gasteiger partial charge in [-0.25, -0.2) is 14.8 Å². The number of quaternary nitrogens is 1. The molecular weight excluding hydrogens is 476 g/mol. The number of thiophene rings is 1. The van der Waals surface area contributed by atoms with E-state index in [4.69, 9.17) is 4.98 Å². The van der Waals surface area contributed by atoms with E-state index in [9.17, 15) is 14.4 Å². The first kappa shape index (κ1) is 26.0. The second-order valence-corrected chi connectivity index (χ2v) is 12.1. The minimum absolute atomic E-state index is 0.0234. The van der Waals surface area contributed by atoms with Crippen LogP contribution in [0.25, 0.3) is 21.7 Å². The molecule has 10 heteroatoms. The predicted molar refractivity (Wildman–Crippen MR) is 141 cm³/mol. The summed E-state index contributed by atoms with van der Waals surface area (Å²) in [4.78, 5) is 51.4. The molecule has 1 aliphatic heterocycles. The van der Waals surface area contributed by atoms with Crippen LogP contribution in [0.15, 0.2) is 24.5 Å². The molecule has 1 atom stereocenters. The molecule has 0 aromatic carbocycles. The Bertz CT molecular complexity index is 1300. The van der Waals surface area contributed by atoms with Crippen LogP contribution in [-0.4, -0.2) is 69.4 Å². The molecule has 3 amide bonds. The minimum Gasteiger partial charge on any atom is -0.353 e. The molecule has 4 rings (SSSR count). The quantitative estimate of drug-likeness (QED) is 0.451. The summed E-state index contributed by atoms with van der Waals surface area (Å²) >= 11 is 1.39. The molecule has 0 saturated carbocycles. The van der Waals surface area contributed by atoms with Crippen LogP contribution >= 0.6 is 11.3 Å². The highest BCUT2D eigenvalue weighted by atomic mass is 32.1. The lowest BCUT2D eigenvalue weighted by Gasteiger charge is -2.37. The maximum Gasteiger partial charge on any atom is 0.355 e. The standard InChI is InChI=1S/C26H34N6O3S/c1-15(26(3,4)5)29-24(34)18-13-27-23-22(18)31-19(14-28-23)20-7-8-21(36-20)25(35)32(6)11-9-17(10-12-32)30-16(2)33/h7-8,13-15,17H,9-12H2,1-6H3,(H2-,27,28,29,30,31,33,34,35)/p+1. The van der Waals surface area contributed by atoms with Crippen LogP contribution in [0.4, 0.5) is 0 Å². The number of hydrogen-bond acceptors (Lipinski definition) is 6. The van der Waals surface area contributed by atoms with Crippen molar-refractivity contribution in [3.05, 3.63) is 35.0 Å². The number of H-pyrrole nitrogens is 1. The van der Waals surface area contributed by atoms with Crippen LogP contribution < -0.4 is 10.6 Å². The van der Waals surface area contributed by atoms with E-state index in [1.807, 2.05) is 26.1 Å². The van der Waals surface area contributed by atoms with Crippen LogP contribution in [0.5, 0.6) is 0 Å². The van der Waals surface area contributed by atoms with Crippen LogP contribution in [0.1, 0.15) is 67.5 Å². The molecular formula is C26H35N6O3S+. The number of carbonyl (C=O) groups excluding carboxylic acids is 3. The first-order valence-electron chi connectivity index (χ1n) is 12.3. The molecule has 3 aromatic heterocycles.